The van der Waals surface area contributed by atoms with Crippen LogP contribution in [-0.4, -0.2) is 16.0 Å². The summed E-state index contributed by atoms with van der Waals surface area (Å²) < 4.78 is 11.3. The van der Waals surface area contributed by atoms with Gasteiger partial charge in [0.1, 0.15) is 0 Å². The number of carbonyl (C=O) groups excluding carboxylic acids is 1. The molecule has 0 spiro atoms. The van der Waals surface area contributed by atoms with Gasteiger partial charge >= 0.3 is 0 Å². The van der Waals surface area contributed by atoms with E-state index in [-0.39, 0.29) is 18.4 Å². The number of hydrogen-bond donors (Lipinski definition) is 1. The number of amides is 1. The first-order valence-electron chi connectivity index (χ1n) is 7.53. The molecule has 0 saturated heterocycles. The van der Waals surface area contributed by atoms with Gasteiger partial charge < -0.3 is 14.3 Å². The quantitative estimate of drug-likeness (QED) is 0.691. The Morgan fingerprint density at radius 1 is 1.29 bits per heavy atom. The lowest BCUT2D eigenvalue weighted by Crippen LogP contribution is -2.26. The molecule has 0 fully saturated rings. The van der Waals surface area contributed by atoms with Gasteiger partial charge in [0.2, 0.25) is 17.6 Å². The smallest absolute Gasteiger partial charge is 0.238 e. The van der Waals surface area contributed by atoms with Crippen molar-refractivity contribution in [2.75, 3.05) is 0 Å². The molecular formula is C17H16BrN3O3. The second kappa shape index (κ2) is 7.44. The number of nitrogens with one attached hydrogen (secondary N) is 1. The molecule has 1 N–H and O–H groups in total. The minimum absolute atomic E-state index is 0.0630. The normalized spacial score (nSPS) is 12.1. The summed E-state index contributed by atoms with van der Waals surface area (Å²) in [6.45, 7) is 1.95. The molecule has 3 aromatic rings. The number of aromatic nitrogens is 2. The van der Waals surface area contributed by atoms with E-state index in [1.807, 2.05) is 31.2 Å². The topological polar surface area (TPSA) is 81.2 Å². The van der Waals surface area contributed by atoms with Crippen LogP contribution in [0.3, 0.4) is 0 Å². The van der Waals surface area contributed by atoms with E-state index in [1.165, 1.54) is 0 Å². The summed E-state index contributed by atoms with van der Waals surface area (Å²) in [5, 5.41) is 6.79. The lowest BCUT2D eigenvalue weighted by molar-refractivity contribution is -0.121. The largest absolute Gasteiger partial charge is 0.461 e. The Labute approximate surface area is 147 Å². The number of rotatable bonds is 6. The van der Waals surface area contributed by atoms with Crippen molar-refractivity contribution in [3.63, 3.8) is 0 Å². The van der Waals surface area contributed by atoms with Crippen molar-refractivity contribution in [2.24, 2.45) is 0 Å². The van der Waals surface area contributed by atoms with Gasteiger partial charge in [-0.3, -0.25) is 4.79 Å². The molecule has 1 atom stereocenters. The van der Waals surface area contributed by atoms with Crippen LogP contribution in [0.2, 0.25) is 0 Å². The molecule has 0 aliphatic heterocycles. The molecular weight excluding hydrogens is 374 g/mol. The van der Waals surface area contributed by atoms with Crippen molar-refractivity contribution >= 4 is 21.8 Å². The van der Waals surface area contributed by atoms with E-state index in [9.17, 15) is 4.79 Å². The maximum Gasteiger partial charge on any atom is 0.238 e. The summed E-state index contributed by atoms with van der Waals surface area (Å²) in [4.78, 5) is 16.3. The van der Waals surface area contributed by atoms with Crippen molar-refractivity contribution in [2.45, 2.75) is 25.8 Å². The summed E-state index contributed by atoms with van der Waals surface area (Å²) in [6, 6.07) is 11.3. The molecule has 0 saturated carbocycles. The lowest BCUT2D eigenvalue weighted by atomic mass is 10.1. The number of aryl methyl sites for hydroxylation is 1. The summed E-state index contributed by atoms with van der Waals surface area (Å²) in [5.74, 6) is 1.27. The van der Waals surface area contributed by atoms with Crippen LogP contribution in [0.1, 0.15) is 30.8 Å². The van der Waals surface area contributed by atoms with E-state index in [4.69, 9.17) is 8.94 Å². The molecule has 2 aromatic heterocycles. The van der Waals surface area contributed by atoms with Crippen LogP contribution in [0, 0.1) is 0 Å². The molecule has 24 heavy (non-hydrogen) atoms. The van der Waals surface area contributed by atoms with Crippen LogP contribution >= 0.6 is 15.9 Å². The monoisotopic (exact) mass is 389 g/mol. The molecule has 3 rings (SSSR count). The van der Waals surface area contributed by atoms with Gasteiger partial charge in [-0.25, -0.2) is 0 Å². The van der Waals surface area contributed by atoms with Crippen molar-refractivity contribution in [1.82, 2.24) is 15.5 Å². The number of carbonyl (C=O) groups is 1. The first-order valence-corrected chi connectivity index (χ1v) is 8.32. The Hall–Kier alpha value is -2.41. The first kappa shape index (κ1) is 16.4. The predicted octanol–water partition coefficient (Wildman–Crippen LogP) is 3.90. The van der Waals surface area contributed by atoms with Crippen LogP contribution in [0.15, 0.2) is 56.1 Å². The predicted molar refractivity (Wildman–Crippen MR) is 91.0 cm³/mol. The Morgan fingerprint density at radius 3 is 2.79 bits per heavy atom. The molecule has 1 amide bonds. The zero-order valence-electron chi connectivity index (χ0n) is 13.0. The fourth-order valence-electron chi connectivity index (χ4n) is 2.23. The first-order chi connectivity index (χ1) is 11.6. The third-order valence-electron chi connectivity index (χ3n) is 3.52. The van der Waals surface area contributed by atoms with Gasteiger partial charge in [-0.1, -0.05) is 33.2 Å². The van der Waals surface area contributed by atoms with Crippen LogP contribution in [0.5, 0.6) is 0 Å². The summed E-state index contributed by atoms with van der Waals surface area (Å²) in [6.07, 6.45) is 2.20. The summed E-state index contributed by atoms with van der Waals surface area (Å²) in [7, 11) is 0. The molecule has 1 aromatic carbocycles. The molecule has 2 heterocycles. The highest BCUT2D eigenvalue weighted by Crippen LogP contribution is 2.18. The average molecular weight is 390 g/mol. The van der Waals surface area contributed by atoms with E-state index in [0.717, 1.165) is 10.0 Å². The molecule has 1 unspecified atom stereocenters. The number of hydrogen-bond acceptors (Lipinski definition) is 5. The van der Waals surface area contributed by atoms with Crippen LogP contribution < -0.4 is 5.32 Å². The maximum absolute atomic E-state index is 12.1. The zero-order valence-corrected chi connectivity index (χ0v) is 14.6. The van der Waals surface area contributed by atoms with Gasteiger partial charge in [-0.15, -0.1) is 0 Å². The molecule has 0 bridgehead atoms. The van der Waals surface area contributed by atoms with Crippen molar-refractivity contribution in [3.05, 3.63) is 58.6 Å². The van der Waals surface area contributed by atoms with Crippen molar-refractivity contribution in [1.29, 1.82) is 0 Å². The summed E-state index contributed by atoms with van der Waals surface area (Å²) in [5.41, 5.74) is 1.05. The van der Waals surface area contributed by atoms with Crippen LogP contribution in [0.4, 0.5) is 0 Å². The lowest BCUT2D eigenvalue weighted by Gasteiger charge is -2.14. The zero-order chi connectivity index (χ0) is 16.9. The molecule has 6 nitrogen and oxygen atoms in total. The summed E-state index contributed by atoms with van der Waals surface area (Å²) >= 11 is 3.40. The molecule has 124 valence electrons. The fourth-order valence-corrected chi connectivity index (χ4v) is 2.50. The van der Waals surface area contributed by atoms with Gasteiger partial charge in [0.05, 0.1) is 12.3 Å². The van der Waals surface area contributed by atoms with E-state index in [0.29, 0.717) is 23.9 Å². The van der Waals surface area contributed by atoms with Gasteiger partial charge in [0, 0.05) is 17.3 Å². The minimum Gasteiger partial charge on any atom is -0.461 e. The highest BCUT2D eigenvalue weighted by molar-refractivity contribution is 9.10. The number of benzene rings is 1. The fraction of sp³-hybridized carbons (Fsp3) is 0.235. The van der Waals surface area contributed by atoms with Crippen molar-refractivity contribution < 1.29 is 13.7 Å². The maximum atomic E-state index is 12.1. The Bertz CT molecular complexity index is 797. The minimum atomic E-state index is -0.0665. The Kier molecular flexibility index (Phi) is 5.10. The second-order valence-corrected chi connectivity index (χ2v) is 6.25. The van der Waals surface area contributed by atoms with Gasteiger partial charge in [0.15, 0.2) is 5.76 Å². The van der Waals surface area contributed by atoms with Crippen molar-refractivity contribution in [3.8, 4) is 11.6 Å². The second-order valence-electron chi connectivity index (χ2n) is 5.33. The molecule has 0 aliphatic carbocycles. The van der Waals surface area contributed by atoms with Gasteiger partial charge in [-0.05, 0) is 36.8 Å². The van der Waals surface area contributed by atoms with Gasteiger partial charge in [-0.2, -0.15) is 4.98 Å². The van der Waals surface area contributed by atoms with Crippen LogP contribution in [-0.2, 0) is 11.2 Å². The number of furan rings is 1. The third-order valence-corrected chi connectivity index (χ3v) is 4.05. The standard InChI is InChI=1S/C17H16BrN3O3/c1-11(12-4-6-13(18)7-5-12)19-15(22)8-9-16-20-17(21-24-16)14-3-2-10-23-14/h2-7,10-11H,8-9H2,1H3,(H,19,22). The van der Waals surface area contributed by atoms with E-state index in [1.54, 1.807) is 18.4 Å². The highest BCUT2D eigenvalue weighted by atomic mass is 79.9. The van der Waals surface area contributed by atoms with E-state index in [2.05, 4.69) is 31.4 Å². The molecule has 0 aliphatic rings. The van der Waals surface area contributed by atoms with Crippen LogP contribution in [0.25, 0.3) is 11.6 Å². The van der Waals surface area contributed by atoms with E-state index < -0.39 is 0 Å². The number of halogens is 1. The van der Waals surface area contributed by atoms with Gasteiger partial charge in [0.25, 0.3) is 0 Å². The molecule has 7 heteroatoms. The van der Waals surface area contributed by atoms with E-state index >= 15 is 0 Å². The number of nitrogens with zero attached hydrogens (tertiary/aromatic N) is 2. The highest BCUT2D eigenvalue weighted by Gasteiger charge is 2.14. The Morgan fingerprint density at radius 2 is 2.08 bits per heavy atom. The SMILES string of the molecule is CC(NC(=O)CCc1nc(-c2ccco2)no1)c1ccc(Br)cc1. The Balaban J connectivity index is 1.51. The average Bonchev–Trinajstić information content (AvgIpc) is 3.25. The molecule has 0 radical (unpaired) electrons. The third kappa shape index (κ3) is 4.11.